The van der Waals surface area contributed by atoms with E-state index in [-0.39, 0.29) is 18.5 Å². The number of hydrogen-bond acceptors (Lipinski definition) is 7. The molecule has 0 aliphatic rings. The average molecular weight is 429 g/mol. The van der Waals surface area contributed by atoms with Crippen molar-refractivity contribution in [3.63, 3.8) is 0 Å². The maximum Gasteiger partial charge on any atom is 0.229 e. The molecule has 0 saturated carbocycles. The van der Waals surface area contributed by atoms with Gasteiger partial charge in [0, 0.05) is 12.0 Å². The average Bonchev–Trinajstić information content (AvgIpc) is 2.55. The van der Waals surface area contributed by atoms with Crippen molar-refractivity contribution in [3.8, 4) is 0 Å². The summed E-state index contributed by atoms with van der Waals surface area (Å²) in [6.45, 7) is 5.33. The number of carbonyl (C=O) groups is 1. The quantitative estimate of drug-likeness (QED) is 0.291. The van der Waals surface area contributed by atoms with Crippen LogP contribution in [0, 0.1) is 10.2 Å². The minimum atomic E-state index is -4.53. The van der Waals surface area contributed by atoms with E-state index in [0.717, 1.165) is 19.3 Å². The van der Waals surface area contributed by atoms with Gasteiger partial charge >= 0.3 is 0 Å². The van der Waals surface area contributed by atoms with Gasteiger partial charge in [-0.25, -0.2) is 0 Å². The molecular formula is C19H41ClN2O6. The number of unbranched alkanes of at least 4 members (excludes halogenated alkanes) is 8. The second kappa shape index (κ2) is 16.3. The van der Waals surface area contributed by atoms with Gasteiger partial charge < -0.3 is 16.6 Å². The third-order valence-electron chi connectivity index (χ3n) is 4.48. The van der Waals surface area contributed by atoms with E-state index in [0.29, 0.717) is 12.8 Å². The van der Waals surface area contributed by atoms with Gasteiger partial charge in [-0.3, -0.25) is 4.79 Å². The molecule has 1 atom stereocenters. The third kappa shape index (κ3) is 20.3. The van der Waals surface area contributed by atoms with Crippen LogP contribution in [0.5, 0.6) is 0 Å². The van der Waals surface area contributed by atoms with Crippen molar-refractivity contribution >= 4 is 5.91 Å². The van der Waals surface area contributed by atoms with Gasteiger partial charge in [-0.1, -0.05) is 58.3 Å². The van der Waals surface area contributed by atoms with Crippen LogP contribution >= 0.6 is 0 Å². The van der Waals surface area contributed by atoms with Gasteiger partial charge in [0.25, 0.3) is 0 Å². The summed E-state index contributed by atoms with van der Waals surface area (Å²) in [6.07, 6.45) is 10.9. The summed E-state index contributed by atoms with van der Waals surface area (Å²) in [6, 6.07) is 0. The highest BCUT2D eigenvalue weighted by atomic mass is 35.7. The van der Waals surface area contributed by atoms with E-state index in [1.807, 2.05) is 13.8 Å². The summed E-state index contributed by atoms with van der Waals surface area (Å²) >= 11 is 0. The van der Waals surface area contributed by atoms with E-state index in [1.165, 1.54) is 38.5 Å². The Labute approximate surface area is 172 Å². The molecule has 0 rings (SSSR count). The van der Waals surface area contributed by atoms with Crippen molar-refractivity contribution in [1.29, 1.82) is 0 Å². The molecule has 0 aromatic carbocycles. The first kappa shape index (κ1) is 29.7. The fourth-order valence-electron chi connectivity index (χ4n) is 2.86. The maximum absolute atomic E-state index is 12.0. The number of rotatable bonds is 17. The summed E-state index contributed by atoms with van der Waals surface area (Å²) in [5, 5.41) is 12.6. The van der Waals surface area contributed by atoms with Crippen LogP contribution in [0.4, 0.5) is 0 Å². The number of aliphatic hydroxyl groups is 1. The van der Waals surface area contributed by atoms with Crippen molar-refractivity contribution < 1.29 is 38.4 Å². The van der Waals surface area contributed by atoms with Crippen LogP contribution in [0.25, 0.3) is 0 Å². The van der Waals surface area contributed by atoms with Crippen molar-refractivity contribution in [2.75, 3.05) is 6.61 Å². The summed E-state index contributed by atoms with van der Waals surface area (Å²) < 4.78 is 35.0. The van der Waals surface area contributed by atoms with E-state index in [9.17, 15) is 23.9 Å². The van der Waals surface area contributed by atoms with Crippen molar-refractivity contribution in [1.82, 2.24) is 11.5 Å². The van der Waals surface area contributed by atoms with Gasteiger partial charge in [-0.05, 0) is 33.1 Å². The third-order valence-corrected chi connectivity index (χ3v) is 4.87. The van der Waals surface area contributed by atoms with Gasteiger partial charge in [-0.2, -0.15) is 14.0 Å². The number of carbonyl (C=O) groups excluding carboxylic acids is 1. The molecule has 0 saturated heterocycles. The van der Waals surface area contributed by atoms with Crippen LogP contribution in [-0.4, -0.2) is 29.3 Å². The second-order valence-electron chi connectivity index (χ2n) is 7.86. The Morgan fingerprint density at radius 2 is 1.54 bits per heavy atom. The van der Waals surface area contributed by atoms with Crippen LogP contribution < -0.4 is 25.4 Å². The molecule has 9 heteroatoms. The van der Waals surface area contributed by atoms with Crippen LogP contribution in [-0.2, 0) is 9.08 Å². The molecular weight excluding hydrogens is 388 g/mol. The molecule has 28 heavy (non-hydrogen) atoms. The van der Waals surface area contributed by atoms with E-state index in [4.69, 9.17) is 0 Å². The first-order chi connectivity index (χ1) is 12.6. The predicted molar refractivity (Wildman–Crippen MR) is 100 cm³/mol. The van der Waals surface area contributed by atoms with Crippen LogP contribution in [0.1, 0.15) is 97.8 Å². The standard InChI is InChI=1S/C19H38ClNO6.H3N/c1-4-5-6-7-8-9-10-11-12-13-18(23)21-19(2,3)15-14-17(22)16-27-20(24,25)26;/h17,22H,4-16H2,1-3H3,(H,21,23);1H3. The minimum Gasteiger partial charge on any atom is -0.390 e. The summed E-state index contributed by atoms with van der Waals surface area (Å²) in [5.41, 5.74) is -0.522. The first-order valence-electron chi connectivity index (χ1n) is 10.1. The van der Waals surface area contributed by atoms with E-state index < -0.39 is 28.5 Å². The molecule has 0 aromatic heterocycles. The Morgan fingerprint density at radius 1 is 1.04 bits per heavy atom. The van der Waals surface area contributed by atoms with Gasteiger partial charge in [0.2, 0.25) is 12.5 Å². The smallest absolute Gasteiger partial charge is 0.229 e. The number of amides is 1. The Balaban J connectivity index is 0. The lowest BCUT2D eigenvalue weighted by atomic mass is 9.96. The lowest BCUT2D eigenvalue weighted by Gasteiger charge is -2.27. The SMILES string of the molecule is CCCCCCCCCCCC(=O)NC(C)(C)CCC(O)CO[Cl+3]([O-])([O-])[O-].N. The molecule has 0 aliphatic carbocycles. The van der Waals surface area contributed by atoms with E-state index in [2.05, 4.69) is 16.5 Å². The number of nitrogens with one attached hydrogen (secondary N) is 1. The first-order valence-corrected chi connectivity index (χ1v) is 11.3. The van der Waals surface area contributed by atoms with Crippen LogP contribution in [0.15, 0.2) is 0 Å². The highest BCUT2D eigenvalue weighted by Gasteiger charge is 2.25. The van der Waals surface area contributed by atoms with Gasteiger partial charge in [0.05, 0.1) is 20.6 Å². The molecule has 8 nitrogen and oxygen atoms in total. The Hall–Kier alpha value is -0.480. The Kier molecular flexibility index (Phi) is 17.3. The van der Waals surface area contributed by atoms with Crippen molar-refractivity contribution in [2.45, 2.75) is 109 Å². The predicted octanol–water partition coefficient (Wildman–Crippen LogP) is 1.02. The van der Waals surface area contributed by atoms with Crippen LogP contribution in [0.2, 0.25) is 0 Å². The van der Waals surface area contributed by atoms with Crippen molar-refractivity contribution in [3.05, 3.63) is 0 Å². The number of hydrogen-bond donors (Lipinski definition) is 3. The Bertz CT molecular complexity index is 391. The van der Waals surface area contributed by atoms with Gasteiger partial charge in [0.15, 0.2) is 0 Å². The highest BCUT2D eigenvalue weighted by molar-refractivity contribution is 5.76. The summed E-state index contributed by atoms with van der Waals surface area (Å²) in [7, 11) is -4.53. The lowest BCUT2D eigenvalue weighted by Crippen LogP contribution is -2.61. The Morgan fingerprint density at radius 3 is 2.04 bits per heavy atom. The summed E-state index contributed by atoms with van der Waals surface area (Å²) in [4.78, 5) is 12.0. The lowest BCUT2D eigenvalue weighted by molar-refractivity contribution is -1.92. The molecule has 1 amide bonds. The normalized spacial score (nSPS) is 13.1. The molecule has 0 heterocycles. The largest absolute Gasteiger partial charge is 0.390 e. The monoisotopic (exact) mass is 428 g/mol. The fourth-order valence-corrected chi connectivity index (χ4v) is 3.16. The van der Waals surface area contributed by atoms with Crippen molar-refractivity contribution in [2.24, 2.45) is 0 Å². The highest BCUT2D eigenvalue weighted by Crippen LogP contribution is 2.15. The molecule has 0 bridgehead atoms. The van der Waals surface area contributed by atoms with E-state index in [1.54, 1.807) is 0 Å². The number of aliphatic hydroxyl groups excluding tert-OH is 1. The molecule has 5 N–H and O–H groups in total. The van der Waals surface area contributed by atoms with Gasteiger partial charge in [0.1, 0.15) is 0 Å². The molecule has 170 valence electrons. The number of halogens is 1. The molecule has 0 radical (unpaired) electrons. The van der Waals surface area contributed by atoms with E-state index >= 15 is 0 Å². The molecule has 0 spiro atoms. The zero-order valence-electron chi connectivity index (χ0n) is 17.8. The minimum absolute atomic E-state index is 0. The fraction of sp³-hybridized carbons (Fsp3) is 0.947. The zero-order valence-corrected chi connectivity index (χ0v) is 18.6. The van der Waals surface area contributed by atoms with Crippen LogP contribution in [0.3, 0.4) is 0 Å². The van der Waals surface area contributed by atoms with Gasteiger partial charge in [-0.15, -0.1) is 0 Å². The topological polar surface area (TPSA) is 163 Å². The summed E-state index contributed by atoms with van der Waals surface area (Å²) in [5.74, 6) is -0.0191. The molecule has 1 unspecified atom stereocenters. The molecule has 0 aromatic rings. The molecule has 0 fully saturated rings. The maximum atomic E-state index is 12.0. The zero-order chi connectivity index (χ0) is 20.8. The molecule has 0 aliphatic heterocycles. The second-order valence-corrected chi connectivity index (χ2v) is 8.83.